The predicted molar refractivity (Wildman–Crippen MR) is 93.6 cm³/mol. The normalized spacial score (nSPS) is 15.7. The fourth-order valence-electron chi connectivity index (χ4n) is 2.98. The molecule has 1 atom stereocenters. The molecule has 3 heterocycles. The van der Waals surface area contributed by atoms with E-state index < -0.39 is 12.0 Å². The van der Waals surface area contributed by atoms with Crippen LogP contribution in [0.5, 0.6) is 0 Å². The first-order valence-electron chi connectivity index (χ1n) is 8.07. The molecule has 0 bridgehead atoms. The van der Waals surface area contributed by atoms with Gasteiger partial charge in [-0.15, -0.1) is 0 Å². The van der Waals surface area contributed by atoms with Gasteiger partial charge in [-0.3, -0.25) is 9.78 Å². The summed E-state index contributed by atoms with van der Waals surface area (Å²) in [6, 6.07) is 11.5. The van der Waals surface area contributed by atoms with Gasteiger partial charge in [-0.25, -0.2) is 4.79 Å². The summed E-state index contributed by atoms with van der Waals surface area (Å²) in [6.07, 6.45) is 3.23. The Bertz CT molecular complexity index is 1030. The molecule has 9 nitrogen and oxygen atoms in total. The van der Waals surface area contributed by atoms with Crippen LogP contribution >= 0.6 is 0 Å². The van der Waals surface area contributed by atoms with Gasteiger partial charge < -0.3 is 10.1 Å². The molecular weight excluding hydrogens is 348 g/mol. The number of nitrogens with zero attached hydrogens (tertiary/aromatic N) is 5. The van der Waals surface area contributed by atoms with Crippen molar-refractivity contribution in [3.05, 3.63) is 77.3 Å². The van der Waals surface area contributed by atoms with Crippen molar-refractivity contribution < 1.29 is 14.3 Å². The SMILES string of the molecule is COC(=O)C1=C(C(=O)c2ccccc2)[C@@H](c2cccnc2)n2nnnc2N1. The summed E-state index contributed by atoms with van der Waals surface area (Å²) in [6.45, 7) is 0. The Labute approximate surface area is 153 Å². The summed E-state index contributed by atoms with van der Waals surface area (Å²) in [5.41, 5.74) is 1.28. The van der Waals surface area contributed by atoms with Crippen molar-refractivity contribution in [1.82, 2.24) is 25.2 Å². The molecule has 0 aliphatic carbocycles. The van der Waals surface area contributed by atoms with Gasteiger partial charge in [-0.1, -0.05) is 41.5 Å². The fraction of sp³-hybridized carbons (Fsp3) is 0.111. The largest absolute Gasteiger partial charge is 0.464 e. The lowest BCUT2D eigenvalue weighted by Gasteiger charge is -2.27. The monoisotopic (exact) mass is 362 g/mol. The maximum absolute atomic E-state index is 13.3. The van der Waals surface area contributed by atoms with E-state index >= 15 is 0 Å². The Morgan fingerprint density at radius 1 is 1.15 bits per heavy atom. The van der Waals surface area contributed by atoms with E-state index in [-0.39, 0.29) is 23.0 Å². The average molecular weight is 362 g/mol. The molecule has 0 spiro atoms. The van der Waals surface area contributed by atoms with Crippen molar-refractivity contribution in [2.24, 2.45) is 0 Å². The maximum Gasteiger partial charge on any atom is 0.355 e. The van der Waals surface area contributed by atoms with Gasteiger partial charge in [-0.05, 0) is 22.1 Å². The molecule has 0 saturated heterocycles. The minimum absolute atomic E-state index is 0.00232. The summed E-state index contributed by atoms with van der Waals surface area (Å²) in [7, 11) is 1.25. The van der Waals surface area contributed by atoms with E-state index in [0.29, 0.717) is 11.1 Å². The molecule has 3 aromatic rings. The highest BCUT2D eigenvalue weighted by atomic mass is 16.5. The number of nitrogens with one attached hydrogen (secondary N) is 1. The van der Waals surface area contributed by atoms with Gasteiger partial charge in [0.15, 0.2) is 5.78 Å². The van der Waals surface area contributed by atoms with Crippen LogP contribution in [0.1, 0.15) is 22.0 Å². The number of esters is 1. The Balaban J connectivity index is 1.96. The number of carbonyl (C=O) groups is 2. The number of anilines is 1. The minimum Gasteiger partial charge on any atom is -0.464 e. The number of ketones is 1. The number of tetrazole rings is 1. The van der Waals surface area contributed by atoms with E-state index in [0.717, 1.165) is 0 Å². The zero-order valence-electron chi connectivity index (χ0n) is 14.2. The third kappa shape index (κ3) is 2.84. The van der Waals surface area contributed by atoms with E-state index in [4.69, 9.17) is 4.74 Å². The standard InChI is InChI=1S/C18H14N6O3/c1-27-17(26)14-13(16(25)11-6-3-2-4-7-11)15(12-8-5-9-19-10-12)24-18(20-14)21-22-23-24/h2-10,15H,1H3,(H,20,21,23)/t15-/m1/s1. The summed E-state index contributed by atoms with van der Waals surface area (Å²) in [5.74, 6) is -0.787. The van der Waals surface area contributed by atoms with Gasteiger partial charge in [0.2, 0.25) is 5.95 Å². The summed E-state index contributed by atoms with van der Waals surface area (Å²) >= 11 is 0. The number of carbonyl (C=O) groups excluding carboxylic acids is 2. The number of Topliss-reactive ketones (excluding diaryl/α,β-unsaturated/α-hetero) is 1. The van der Waals surface area contributed by atoms with Crippen LogP contribution in [0, 0.1) is 0 Å². The van der Waals surface area contributed by atoms with Crippen LogP contribution in [0.15, 0.2) is 66.1 Å². The van der Waals surface area contributed by atoms with E-state index in [1.54, 1.807) is 48.8 Å². The Morgan fingerprint density at radius 2 is 1.96 bits per heavy atom. The number of ether oxygens (including phenoxy) is 1. The van der Waals surface area contributed by atoms with Crippen LogP contribution in [-0.2, 0) is 9.53 Å². The number of rotatable bonds is 4. The van der Waals surface area contributed by atoms with E-state index in [1.807, 2.05) is 6.07 Å². The topological polar surface area (TPSA) is 112 Å². The van der Waals surface area contributed by atoms with Gasteiger partial charge in [0.1, 0.15) is 11.7 Å². The number of aromatic nitrogens is 5. The van der Waals surface area contributed by atoms with Crippen LogP contribution < -0.4 is 5.32 Å². The number of pyridine rings is 1. The van der Waals surface area contributed by atoms with Gasteiger partial charge in [0.05, 0.1) is 12.7 Å². The van der Waals surface area contributed by atoms with Gasteiger partial charge >= 0.3 is 5.97 Å². The molecule has 27 heavy (non-hydrogen) atoms. The molecule has 1 aromatic carbocycles. The van der Waals surface area contributed by atoms with Crippen molar-refractivity contribution in [3.8, 4) is 0 Å². The molecule has 9 heteroatoms. The Hall–Kier alpha value is -3.88. The first kappa shape index (κ1) is 16.6. The van der Waals surface area contributed by atoms with Crippen LogP contribution in [0.3, 0.4) is 0 Å². The molecule has 1 aliphatic heterocycles. The second-order valence-electron chi connectivity index (χ2n) is 5.74. The molecule has 0 fully saturated rings. The molecule has 4 rings (SSSR count). The highest BCUT2D eigenvalue weighted by molar-refractivity contribution is 6.14. The molecule has 0 amide bonds. The van der Waals surface area contributed by atoms with Crippen molar-refractivity contribution in [3.63, 3.8) is 0 Å². The molecule has 0 radical (unpaired) electrons. The van der Waals surface area contributed by atoms with Crippen molar-refractivity contribution in [2.45, 2.75) is 6.04 Å². The third-order valence-corrected chi connectivity index (χ3v) is 4.19. The van der Waals surface area contributed by atoms with Gasteiger partial charge in [0, 0.05) is 18.0 Å². The first-order valence-corrected chi connectivity index (χ1v) is 8.07. The number of fused-ring (bicyclic) bond motifs is 1. The lowest BCUT2D eigenvalue weighted by molar-refractivity contribution is -0.136. The molecule has 1 aliphatic rings. The van der Waals surface area contributed by atoms with Crippen LogP contribution in [0.2, 0.25) is 0 Å². The van der Waals surface area contributed by atoms with Crippen molar-refractivity contribution >= 4 is 17.7 Å². The fourth-order valence-corrected chi connectivity index (χ4v) is 2.98. The predicted octanol–water partition coefficient (Wildman–Crippen LogP) is 1.39. The molecule has 1 N–H and O–H groups in total. The second-order valence-corrected chi connectivity index (χ2v) is 5.74. The number of allylic oxidation sites excluding steroid dienone is 1. The Kier molecular flexibility index (Phi) is 4.17. The number of methoxy groups -OCH3 is 1. The van der Waals surface area contributed by atoms with Crippen LogP contribution in [0.25, 0.3) is 0 Å². The molecule has 0 unspecified atom stereocenters. The number of hydrogen-bond donors (Lipinski definition) is 1. The summed E-state index contributed by atoms with van der Waals surface area (Å²) in [4.78, 5) is 29.9. The average Bonchev–Trinajstić information content (AvgIpc) is 3.21. The number of hydrogen-bond acceptors (Lipinski definition) is 8. The molecule has 134 valence electrons. The lowest BCUT2D eigenvalue weighted by atomic mass is 9.90. The third-order valence-electron chi connectivity index (χ3n) is 4.19. The lowest BCUT2D eigenvalue weighted by Crippen LogP contribution is -2.33. The van der Waals surface area contributed by atoms with Gasteiger partial charge in [-0.2, -0.15) is 4.68 Å². The zero-order chi connectivity index (χ0) is 18.8. The highest BCUT2D eigenvalue weighted by Gasteiger charge is 2.38. The van der Waals surface area contributed by atoms with E-state index in [2.05, 4.69) is 25.8 Å². The second kappa shape index (κ2) is 6.79. The summed E-state index contributed by atoms with van der Waals surface area (Å²) < 4.78 is 6.32. The van der Waals surface area contributed by atoms with Gasteiger partial charge in [0.25, 0.3) is 0 Å². The zero-order valence-corrected chi connectivity index (χ0v) is 14.2. The van der Waals surface area contributed by atoms with Crippen molar-refractivity contribution in [2.75, 3.05) is 12.4 Å². The first-order chi connectivity index (χ1) is 13.2. The van der Waals surface area contributed by atoms with Crippen LogP contribution in [-0.4, -0.2) is 44.1 Å². The Morgan fingerprint density at radius 3 is 2.67 bits per heavy atom. The quantitative estimate of drug-likeness (QED) is 0.547. The van der Waals surface area contributed by atoms with E-state index in [1.165, 1.54) is 11.8 Å². The number of benzene rings is 1. The maximum atomic E-state index is 13.3. The smallest absolute Gasteiger partial charge is 0.355 e. The summed E-state index contributed by atoms with van der Waals surface area (Å²) in [5, 5.41) is 14.3. The van der Waals surface area contributed by atoms with Crippen LogP contribution in [0.4, 0.5) is 5.95 Å². The molecule has 2 aromatic heterocycles. The van der Waals surface area contributed by atoms with E-state index in [9.17, 15) is 9.59 Å². The minimum atomic E-state index is -0.730. The molecular formula is C18H14N6O3. The highest BCUT2D eigenvalue weighted by Crippen LogP contribution is 2.36. The molecule has 0 saturated carbocycles. The van der Waals surface area contributed by atoms with Crippen molar-refractivity contribution in [1.29, 1.82) is 0 Å².